The fourth-order valence-corrected chi connectivity index (χ4v) is 2.02. The molecule has 0 aliphatic carbocycles. The van der Waals surface area contributed by atoms with Crippen LogP contribution in [0.5, 0.6) is 0 Å². The Balaban J connectivity index is 2.64. The zero-order valence-electron chi connectivity index (χ0n) is 9.95. The molecule has 0 saturated carbocycles. The predicted octanol–water partition coefficient (Wildman–Crippen LogP) is 4.78. The Morgan fingerprint density at radius 2 is 1.93 bits per heavy atom. The van der Waals surface area contributed by atoms with Gasteiger partial charge in [0.2, 0.25) is 0 Å². The van der Waals surface area contributed by atoms with E-state index in [0.717, 1.165) is 0 Å². The quantitative estimate of drug-likeness (QED) is 0.582. The summed E-state index contributed by atoms with van der Waals surface area (Å²) in [6.07, 6.45) is 5.95. The van der Waals surface area contributed by atoms with Gasteiger partial charge in [0.1, 0.15) is 0 Å². The smallest absolute Gasteiger partial charge is 0.0128 e. The molecule has 0 N–H and O–H groups in total. The molecular weight excluding hydrogens is 180 g/mol. The van der Waals surface area contributed by atoms with Crippen LogP contribution in [-0.4, -0.2) is 0 Å². The fourth-order valence-electron chi connectivity index (χ4n) is 2.02. The molecular formula is C15H22. The van der Waals surface area contributed by atoms with Crippen molar-refractivity contribution in [1.29, 1.82) is 0 Å². The van der Waals surface area contributed by atoms with Crippen LogP contribution in [0.2, 0.25) is 0 Å². The number of hydrogen-bond acceptors (Lipinski definition) is 0. The van der Waals surface area contributed by atoms with Crippen LogP contribution in [0.1, 0.15) is 44.6 Å². The minimum Gasteiger partial charge on any atom is -0.103 e. The van der Waals surface area contributed by atoms with E-state index in [1.807, 2.05) is 0 Å². The van der Waals surface area contributed by atoms with E-state index in [9.17, 15) is 0 Å². The molecule has 0 heteroatoms. The van der Waals surface area contributed by atoms with E-state index in [4.69, 9.17) is 0 Å². The van der Waals surface area contributed by atoms with Crippen molar-refractivity contribution in [1.82, 2.24) is 0 Å². The monoisotopic (exact) mass is 202 g/mol. The third kappa shape index (κ3) is 3.54. The van der Waals surface area contributed by atoms with E-state index in [2.05, 4.69) is 56.8 Å². The molecule has 1 aromatic carbocycles. The largest absolute Gasteiger partial charge is 0.103 e. The molecule has 0 heterocycles. The molecule has 0 aliphatic heterocycles. The molecule has 15 heavy (non-hydrogen) atoms. The Bertz CT molecular complexity index is 273. The Kier molecular flexibility index (Phi) is 5.17. The summed E-state index contributed by atoms with van der Waals surface area (Å²) in [5.74, 6) is 1.21. The van der Waals surface area contributed by atoms with Gasteiger partial charge in [0.15, 0.2) is 0 Å². The van der Waals surface area contributed by atoms with E-state index < -0.39 is 0 Å². The molecule has 0 saturated heterocycles. The average Bonchev–Trinajstić information content (AvgIpc) is 2.31. The van der Waals surface area contributed by atoms with Gasteiger partial charge in [0.05, 0.1) is 0 Å². The van der Waals surface area contributed by atoms with Crippen LogP contribution in [0.15, 0.2) is 43.0 Å². The Hall–Kier alpha value is -1.04. The minimum absolute atomic E-state index is 0.593. The van der Waals surface area contributed by atoms with Crippen LogP contribution in [0, 0.1) is 5.92 Å². The number of unbranched alkanes of at least 4 members (excludes halogenated alkanes) is 1. The molecule has 1 aromatic rings. The summed E-state index contributed by atoms with van der Waals surface area (Å²) in [4.78, 5) is 0. The maximum Gasteiger partial charge on any atom is -0.0128 e. The summed E-state index contributed by atoms with van der Waals surface area (Å²) in [5, 5.41) is 0. The van der Waals surface area contributed by atoms with Gasteiger partial charge in [0.25, 0.3) is 0 Å². The maximum absolute atomic E-state index is 3.96. The molecule has 0 spiro atoms. The molecule has 1 rings (SSSR count). The average molecular weight is 202 g/mol. The van der Waals surface area contributed by atoms with Crippen LogP contribution in [-0.2, 0) is 0 Å². The van der Waals surface area contributed by atoms with Crippen LogP contribution < -0.4 is 0 Å². The third-order valence-electron chi connectivity index (χ3n) is 3.16. The molecule has 0 unspecified atom stereocenters. The van der Waals surface area contributed by atoms with E-state index in [0.29, 0.717) is 11.8 Å². The Labute approximate surface area is 94.0 Å². The van der Waals surface area contributed by atoms with Gasteiger partial charge in [-0.1, -0.05) is 63.1 Å². The number of rotatable bonds is 6. The highest BCUT2D eigenvalue weighted by Gasteiger charge is 2.14. The Morgan fingerprint density at radius 3 is 2.47 bits per heavy atom. The second kappa shape index (κ2) is 6.44. The second-order valence-corrected chi connectivity index (χ2v) is 4.24. The second-order valence-electron chi connectivity index (χ2n) is 4.24. The zero-order chi connectivity index (χ0) is 11.1. The van der Waals surface area contributed by atoms with Crippen LogP contribution >= 0.6 is 0 Å². The summed E-state index contributed by atoms with van der Waals surface area (Å²) in [5.41, 5.74) is 1.43. The highest BCUT2D eigenvalue weighted by Crippen LogP contribution is 2.28. The van der Waals surface area contributed by atoms with Crippen molar-refractivity contribution in [2.24, 2.45) is 5.92 Å². The third-order valence-corrected chi connectivity index (χ3v) is 3.16. The molecule has 0 radical (unpaired) electrons. The van der Waals surface area contributed by atoms with Crippen LogP contribution in [0.4, 0.5) is 0 Å². The molecule has 0 nitrogen and oxygen atoms in total. The molecule has 82 valence electrons. The van der Waals surface area contributed by atoms with Crippen molar-refractivity contribution < 1.29 is 0 Å². The molecule has 0 aliphatic rings. The van der Waals surface area contributed by atoms with Crippen molar-refractivity contribution in [3.8, 4) is 0 Å². The first-order chi connectivity index (χ1) is 7.29. The first kappa shape index (κ1) is 12.0. The van der Waals surface area contributed by atoms with E-state index in [1.54, 1.807) is 0 Å². The molecule has 0 fully saturated rings. The molecule has 0 bridgehead atoms. The van der Waals surface area contributed by atoms with E-state index in [-0.39, 0.29) is 0 Å². The summed E-state index contributed by atoms with van der Waals surface area (Å²) in [6, 6.07) is 10.7. The lowest BCUT2D eigenvalue weighted by atomic mass is 9.84. The summed E-state index contributed by atoms with van der Waals surface area (Å²) >= 11 is 0. The highest BCUT2D eigenvalue weighted by atomic mass is 14.2. The first-order valence-corrected chi connectivity index (χ1v) is 5.97. The van der Waals surface area contributed by atoms with Crippen molar-refractivity contribution in [3.63, 3.8) is 0 Å². The topological polar surface area (TPSA) is 0 Å². The normalized spacial score (nSPS) is 14.5. The summed E-state index contributed by atoms with van der Waals surface area (Å²) in [6.45, 7) is 8.51. The van der Waals surface area contributed by atoms with Crippen molar-refractivity contribution in [2.45, 2.75) is 39.0 Å². The summed E-state index contributed by atoms with van der Waals surface area (Å²) < 4.78 is 0. The lowest BCUT2D eigenvalue weighted by molar-refractivity contribution is 0.482. The van der Waals surface area contributed by atoms with E-state index in [1.165, 1.54) is 24.8 Å². The number of allylic oxidation sites excluding steroid dienone is 1. The zero-order valence-corrected chi connectivity index (χ0v) is 9.95. The SMILES string of the molecule is C=C[C@H](CCCC)[C@H](C)c1ccccc1. The van der Waals surface area contributed by atoms with E-state index >= 15 is 0 Å². The molecule has 0 amide bonds. The van der Waals surface area contributed by atoms with Crippen molar-refractivity contribution >= 4 is 0 Å². The first-order valence-electron chi connectivity index (χ1n) is 5.97. The number of benzene rings is 1. The predicted molar refractivity (Wildman–Crippen MR) is 68.1 cm³/mol. The molecule has 0 aromatic heterocycles. The number of hydrogen-bond donors (Lipinski definition) is 0. The molecule has 2 atom stereocenters. The van der Waals surface area contributed by atoms with Gasteiger partial charge in [-0.3, -0.25) is 0 Å². The van der Waals surface area contributed by atoms with Gasteiger partial charge in [0, 0.05) is 0 Å². The van der Waals surface area contributed by atoms with Gasteiger partial charge in [-0.05, 0) is 23.8 Å². The Morgan fingerprint density at radius 1 is 1.27 bits per heavy atom. The van der Waals surface area contributed by atoms with Gasteiger partial charge in [-0.15, -0.1) is 6.58 Å². The van der Waals surface area contributed by atoms with Crippen LogP contribution in [0.3, 0.4) is 0 Å². The maximum atomic E-state index is 3.96. The lowest BCUT2D eigenvalue weighted by Gasteiger charge is -2.20. The van der Waals surface area contributed by atoms with Gasteiger partial charge >= 0.3 is 0 Å². The highest BCUT2D eigenvalue weighted by molar-refractivity contribution is 5.20. The summed E-state index contributed by atoms with van der Waals surface area (Å²) in [7, 11) is 0. The standard InChI is InChI=1S/C15H22/c1-4-6-10-14(5-2)13(3)15-11-8-7-9-12-15/h5,7-9,11-14H,2,4,6,10H2,1,3H3/t13-,14+/m0/s1. The van der Waals surface area contributed by atoms with Gasteiger partial charge in [-0.25, -0.2) is 0 Å². The van der Waals surface area contributed by atoms with Gasteiger partial charge < -0.3 is 0 Å². The van der Waals surface area contributed by atoms with Gasteiger partial charge in [-0.2, -0.15) is 0 Å². The van der Waals surface area contributed by atoms with Crippen molar-refractivity contribution in [2.75, 3.05) is 0 Å². The lowest BCUT2D eigenvalue weighted by Crippen LogP contribution is -2.07. The van der Waals surface area contributed by atoms with Crippen LogP contribution in [0.25, 0.3) is 0 Å². The van der Waals surface area contributed by atoms with Crippen molar-refractivity contribution in [3.05, 3.63) is 48.6 Å². The fraction of sp³-hybridized carbons (Fsp3) is 0.467. The minimum atomic E-state index is 0.593.